The Labute approximate surface area is 149 Å². The van der Waals surface area contributed by atoms with Gasteiger partial charge in [0.05, 0.1) is 5.69 Å². The molecular formula is C21H26N4. The van der Waals surface area contributed by atoms with Gasteiger partial charge in [0.15, 0.2) is 5.65 Å². The lowest BCUT2D eigenvalue weighted by Crippen LogP contribution is -2.32. The lowest BCUT2D eigenvalue weighted by molar-refractivity contribution is 0.565. The standard InChI is InChI=1S/C21H26N4/c1-4-18-15(2)22-20-19(17-11-7-5-8-12-17)16(3)23-25(20)21(18)24-13-9-6-10-14-24/h5,7-8,11-12H,4,6,9-10,13-14H2,1-3H3. The Kier molecular flexibility index (Phi) is 4.20. The molecule has 0 spiro atoms. The van der Waals surface area contributed by atoms with Gasteiger partial charge in [0.2, 0.25) is 0 Å². The Bertz CT molecular complexity index is 889. The van der Waals surface area contributed by atoms with Crippen molar-refractivity contribution in [1.29, 1.82) is 0 Å². The van der Waals surface area contributed by atoms with Crippen LogP contribution < -0.4 is 4.90 Å². The van der Waals surface area contributed by atoms with Crippen LogP contribution in [-0.2, 0) is 6.42 Å². The highest BCUT2D eigenvalue weighted by Crippen LogP contribution is 2.33. The number of hydrogen-bond donors (Lipinski definition) is 0. The van der Waals surface area contributed by atoms with Crippen LogP contribution in [0.4, 0.5) is 5.82 Å². The van der Waals surface area contributed by atoms with Crippen molar-refractivity contribution < 1.29 is 0 Å². The fraction of sp³-hybridized carbons (Fsp3) is 0.429. The lowest BCUT2D eigenvalue weighted by Gasteiger charge is -2.31. The van der Waals surface area contributed by atoms with Gasteiger partial charge in [-0.15, -0.1) is 0 Å². The average Bonchev–Trinajstić information content (AvgIpc) is 2.97. The van der Waals surface area contributed by atoms with Gasteiger partial charge in [0.1, 0.15) is 5.82 Å². The number of anilines is 1. The minimum Gasteiger partial charge on any atom is -0.356 e. The quantitative estimate of drug-likeness (QED) is 0.704. The molecule has 4 nitrogen and oxygen atoms in total. The first-order valence-electron chi connectivity index (χ1n) is 9.40. The van der Waals surface area contributed by atoms with Crippen molar-refractivity contribution in [3.05, 3.63) is 47.3 Å². The molecule has 0 bridgehead atoms. The molecule has 1 aliphatic heterocycles. The zero-order valence-corrected chi connectivity index (χ0v) is 15.4. The van der Waals surface area contributed by atoms with Crippen molar-refractivity contribution in [2.24, 2.45) is 0 Å². The van der Waals surface area contributed by atoms with E-state index in [1.165, 1.54) is 36.2 Å². The van der Waals surface area contributed by atoms with Crippen molar-refractivity contribution in [1.82, 2.24) is 14.6 Å². The summed E-state index contributed by atoms with van der Waals surface area (Å²) in [4.78, 5) is 7.49. The Balaban J connectivity index is 2.00. The number of benzene rings is 1. The third-order valence-electron chi connectivity index (χ3n) is 5.29. The Morgan fingerprint density at radius 2 is 1.68 bits per heavy atom. The molecule has 2 aromatic heterocycles. The van der Waals surface area contributed by atoms with E-state index in [1.807, 2.05) is 0 Å². The highest BCUT2D eigenvalue weighted by Gasteiger charge is 2.23. The molecule has 4 heteroatoms. The summed E-state index contributed by atoms with van der Waals surface area (Å²) in [5, 5.41) is 4.93. The topological polar surface area (TPSA) is 33.4 Å². The highest BCUT2D eigenvalue weighted by molar-refractivity contribution is 5.81. The van der Waals surface area contributed by atoms with Gasteiger partial charge >= 0.3 is 0 Å². The smallest absolute Gasteiger partial charge is 0.165 e. The zero-order valence-electron chi connectivity index (χ0n) is 15.4. The van der Waals surface area contributed by atoms with Gasteiger partial charge in [0, 0.05) is 29.9 Å². The second-order valence-electron chi connectivity index (χ2n) is 6.96. The maximum atomic E-state index is 4.97. The second-order valence-corrected chi connectivity index (χ2v) is 6.96. The lowest BCUT2D eigenvalue weighted by atomic mass is 10.1. The van der Waals surface area contributed by atoms with Crippen molar-refractivity contribution in [3.63, 3.8) is 0 Å². The summed E-state index contributed by atoms with van der Waals surface area (Å²) in [7, 11) is 0. The molecular weight excluding hydrogens is 308 g/mol. The molecule has 1 fully saturated rings. The minimum atomic E-state index is 0.985. The van der Waals surface area contributed by atoms with Crippen LogP contribution in [0.15, 0.2) is 30.3 Å². The minimum absolute atomic E-state index is 0.985. The third-order valence-corrected chi connectivity index (χ3v) is 5.29. The Hall–Kier alpha value is -2.36. The predicted octanol–water partition coefficient (Wildman–Crippen LogP) is 4.57. The van der Waals surface area contributed by atoms with E-state index in [4.69, 9.17) is 10.1 Å². The summed E-state index contributed by atoms with van der Waals surface area (Å²) in [6.45, 7) is 8.69. The molecule has 1 aromatic carbocycles. The largest absolute Gasteiger partial charge is 0.356 e. The predicted molar refractivity (Wildman–Crippen MR) is 103 cm³/mol. The van der Waals surface area contributed by atoms with Gasteiger partial charge in [0.25, 0.3) is 0 Å². The molecule has 0 radical (unpaired) electrons. The van der Waals surface area contributed by atoms with Crippen molar-refractivity contribution in [2.45, 2.75) is 46.5 Å². The fourth-order valence-electron chi connectivity index (χ4n) is 4.07. The molecule has 0 aliphatic carbocycles. The van der Waals surface area contributed by atoms with E-state index in [-0.39, 0.29) is 0 Å². The monoisotopic (exact) mass is 334 g/mol. The normalized spacial score (nSPS) is 15.1. The fourth-order valence-corrected chi connectivity index (χ4v) is 4.07. The van der Waals surface area contributed by atoms with E-state index in [2.05, 4.69) is 60.5 Å². The van der Waals surface area contributed by atoms with Gasteiger partial charge in [-0.3, -0.25) is 0 Å². The summed E-state index contributed by atoms with van der Waals surface area (Å²) in [6.07, 6.45) is 4.84. The van der Waals surface area contributed by atoms with Gasteiger partial charge < -0.3 is 4.90 Å². The summed E-state index contributed by atoms with van der Waals surface area (Å²) in [5.74, 6) is 1.26. The van der Waals surface area contributed by atoms with Crippen molar-refractivity contribution in [3.8, 4) is 11.1 Å². The van der Waals surface area contributed by atoms with Crippen LogP contribution in [0.5, 0.6) is 0 Å². The number of piperidine rings is 1. The molecule has 0 saturated carbocycles. The van der Waals surface area contributed by atoms with Gasteiger partial charge in [-0.25, -0.2) is 4.98 Å². The molecule has 0 amide bonds. The van der Waals surface area contributed by atoms with Crippen LogP contribution in [0.1, 0.15) is 43.1 Å². The van der Waals surface area contributed by atoms with Crippen LogP contribution in [-0.4, -0.2) is 27.7 Å². The Morgan fingerprint density at radius 1 is 0.960 bits per heavy atom. The number of aromatic nitrogens is 3. The van der Waals surface area contributed by atoms with Gasteiger partial charge in [-0.1, -0.05) is 37.3 Å². The molecule has 1 aliphatic rings. The van der Waals surface area contributed by atoms with E-state index < -0.39 is 0 Å². The summed E-state index contributed by atoms with van der Waals surface area (Å²) >= 11 is 0. The first-order valence-corrected chi connectivity index (χ1v) is 9.40. The Morgan fingerprint density at radius 3 is 2.36 bits per heavy atom. The molecule has 25 heavy (non-hydrogen) atoms. The molecule has 3 heterocycles. The molecule has 0 N–H and O–H groups in total. The number of nitrogens with zero attached hydrogens (tertiary/aromatic N) is 4. The average molecular weight is 334 g/mol. The molecule has 1 saturated heterocycles. The van der Waals surface area contributed by atoms with E-state index in [0.29, 0.717) is 0 Å². The van der Waals surface area contributed by atoms with Crippen LogP contribution in [0.2, 0.25) is 0 Å². The maximum absolute atomic E-state index is 4.97. The molecule has 3 aromatic rings. The van der Waals surface area contributed by atoms with Gasteiger partial charge in [-0.05, 0) is 45.1 Å². The maximum Gasteiger partial charge on any atom is 0.165 e. The second kappa shape index (κ2) is 6.51. The summed E-state index contributed by atoms with van der Waals surface area (Å²) in [6, 6.07) is 10.5. The number of fused-ring (bicyclic) bond motifs is 1. The van der Waals surface area contributed by atoms with Crippen molar-refractivity contribution in [2.75, 3.05) is 18.0 Å². The highest BCUT2D eigenvalue weighted by atomic mass is 15.4. The van der Waals surface area contributed by atoms with Crippen LogP contribution in [0.25, 0.3) is 16.8 Å². The van der Waals surface area contributed by atoms with E-state index in [9.17, 15) is 0 Å². The van der Waals surface area contributed by atoms with Crippen LogP contribution >= 0.6 is 0 Å². The number of hydrogen-bond acceptors (Lipinski definition) is 3. The number of rotatable bonds is 3. The number of aryl methyl sites for hydroxylation is 2. The molecule has 4 rings (SSSR count). The van der Waals surface area contributed by atoms with E-state index >= 15 is 0 Å². The van der Waals surface area contributed by atoms with Crippen molar-refractivity contribution >= 4 is 11.5 Å². The summed E-state index contributed by atoms with van der Waals surface area (Å²) in [5.41, 5.74) is 6.84. The van der Waals surface area contributed by atoms with Crippen LogP contribution in [0.3, 0.4) is 0 Å². The van der Waals surface area contributed by atoms with Crippen LogP contribution in [0, 0.1) is 13.8 Å². The third kappa shape index (κ3) is 2.70. The molecule has 130 valence electrons. The summed E-state index contributed by atoms with van der Waals surface area (Å²) < 4.78 is 2.11. The molecule has 0 atom stereocenters. The SMILES string of the molecule is CCc1c(C)nc2c(-c3ccccc3)c(C)nn2c1N1CCCCC1. The first kappa shape index (κ1) is 16.1. The van der Waals surface area contributed by atoms with E-state index in [1.54, 1.807) is 0 Å². The zero-order chi connectivity index (χ0) is 17.4. The first-order chi connectivity index (χ1) is 12.2. The molecule has 0 unspecified atom stereocenters. The van der Waals surface area contributed by atoms with E-state index in [0.717, 1.165) is 42.1 Å². The van der Waals surface area contributed by atoms with Gasteiger partial charge in [-0.2, -0.15) is 9.61 Å².